The van der Waals surface area contributed by atoms with E-state index in [1.807, 2.05) is 43.4 Å². The van der Waals surface area contributed by atoms with Crippen LogP contribution >= 0.6 is 23.8 Å². The number of rotatable bonds is 6. The normalized spacial score (nSPS) is 12.0. The zero-order valence-corrected chi connectivity index (χ0v) is 16.6. The number of hydrogen-bond acceptors (Lipinski definition) is 4. The van der Waals surface area contributed by atoms with Gasteiger partial charge < -0.3 is 10.2 Å². The summed E-state index contributed by atoms with van der Waals surface area (Å²) in [5.74, 6) is -0.0915. The highest BCUT2D eigenvalue weighted by Gasteiger charge is 2.11. The Balaban J connectivity index is 1.69. The lowest BCUT2D eigenvalue weighted by Gasteiger charge is -2.13. The summed E-state index contributed by atoms with van der Waals surface area (Å²) in [6.07, 6.45) is 0. The zero-order chi connectivity index (χ0) is 19.4. The van der Waals surface area contributed by atoms with Crippen LogP contribution in [0.3, 0.4) is 0 Å². The molecule has 27 heavy (non-hydrogen) atoms. The van der Waals surface area contributed by atoms with Crippen LogP contribution in [0.25, 0.3) is 5.69 Å². The van der Waals surface area contributed by atoms with Crippen LogP contribution in [0.2, 0.25) is 5.02 Å². The maximum Gasteiger partial charge on any atom is 0.251 e. The average Bonchev–Trinajstić information content (AvgIpc) is 3.02. The van der Waals surface area contributed by atoms with Crippen molar-refractivity contribution in [2.24, 2.45) is 0 Å². The van der Waals surface area contributed by atoms with Crippen molar-refractivity contribution in [3.8, 4) is 5.69 Å². The lowest BCUT2D eigenvalue weighted by Crippen LogP contribution is -3.07. The van der Waals surface area contributed by atoms with Crippen molar-refractivity contribution >= 4 is 29.7 Å². The second kappa shape index (κ2) is 8.43. The fourth-order valence-electron chi connectivity index (χ4n) is 2.72. The van der Waals surface area contributed by atoms with Crippen LogP contribution in [0.1, 0.15) is 15.9 Å². The Hall–Kier alpha value is -2.55. The van der Waals surface area contributed by atoms with E-state index < -0.39 is 0 Å². The summed E-state index contributed by atoms with van der Waals surface area (Å²) in [6.45, 7) is 1.33. The Morgan fingerprint density at radius 2 is 1.96 bits per heavy atom. The fraction of sp³-hybridized carbons (Fsp3) is 0.222. The summed E-state index contributed by atoms with van der Waals surface area (Å²) in [7, 11) is 3.67. The quantitative estimate of drug-likeness (QED) is 0.612. The largest absolute Gasteiger partial charge is 0.355 e. The molecule has 1 amide bonds. The van der Waals surface area contributed by atoms with E-state index >= 15 is 0 Å². The van der Waals surface area contributed by atoms with E-state index in [2.05, 4.69) is 15.7 Å². The summed E-state index contributed by atoms with van der Waals surface area (Å²) in [4.78, 5) is 12.8. The molecule has 7 nitrogen and oxygen atoms in total. The van der Waals surface area contributed by atoms with Crippen molar-refractivity contribution < 1.29 is 9.69 Å². The first-order chi connectivity index (χ1) is 13.0. The summed E-state index contributed by atoms with van der Waals surface area (Å²) < 4.78 is 3.78. The van der Waals surface area contributed by atoms with Gasteiger partial charge in [-0.05, 0) is 53.0 Å². The summed E-state index contributed by atoms with van der Waals surface area (Å²) >= 11 is 11.5. The molecule has 3 rings (SSSR count). The molecule has 0 radical (unpaired) electrons. The number of tetrazole rings is 1. The molecule has 0 aliphatic carbocycles. The monoisotopic (exact) mass is 403 g/mol. The lowest BCUT2D eigenvalue weighted by atomic mass is 10.1. The van der Waals surface area contributed by atoms with Crippen LogP contribution in [-0.4, -0.2) is 39.8 Å². The van der Waals surface area contributed by atoms with Gasteiger partial charge >= 0.3 is 0 Å². The standard InChI is InChI=1S/C18H19ClN6OS/c1-20-17(26)14-8-6-13(7-9-14)11-23(2)12-24-18(27)25(22-21-24)16-5-3-4-15(19)10-16/h3-10H,11-12H2,1-2H3,(H,20,26)/p+1. The molecular formula is C18H20ClN6OS+. The highest BCUT2D eigenvalue weighted by molar-refractivity contribution is 7.71. The molecule has 1 aromatic heterocycles. The van der Waals surface area contributed by atoms with Crippen molar-refractivity contribution in [1.82, 2.24) is 25.1 Å². The van der Waals surface area contributed by atoms with E-state index in [9.17, 15) is 4.79 Å². The molecule has 1 heterocycles. The van der Waals surface area contributed by atoms with E-state index in [1.54, 1.807) is 28.5 Å². The second-order valence-corrected chi connectivity index (χ2v) is 7.02. The van der Waals surface area contributed by atoms with Crippen molar-refractivity contribution in [2.75, 3.05) is 14.1 Å². The number of carbonyl (C=O) groups excluding carboxylic acids is 1. The second-order valence-electron chi connectivity index (χ2n) is 6.22. The van der Waals surface area contributed by atoms with Crippen molar-refractivity contribution in [3.63, 3.8) is 0 Å². The number of hydrogen-bond donors (Lipinski definition) is 2. The number of amides is 1. The first kappa shape index (κ1) is 19.2. The molecule has 0 aliphatic heterocycles. The van der Waals surface area contributed by atoms with Gasteiger partial charge in [0.2, 0.25) is 4.77 Å². The third kappa shape index (κ3) is 4.60. The molecule has 0 fully saturated rings. The number of quaternary nitrogens is 1. The highest BCUT2D eigenvalue weighted by Crippen LogP contribution is 2.13. The average molecular weight is 404 g/mol. The Morgan fingerprint density at radius 1 is 1.22 bits per heavy atom. The minimum atomic E-state index is -0.0915. The number of nitrogens with one attached hydrogen (secondary N) is 2. The van der Waals surface area contributed by atoms with Gasteiger partial charge in [0.15, 0.2) is 6.67 Å². The first-order valence-corrected chi connectivity index (χ1v) is 9.17. The molecule has 3 aromatic rings. The Kier molecular flexibility index (Phi) is 6.00. The van der Waals surface area contributed by atoms with Gasteiger partial charge in [-0.25, -0.2) is 0 Å². The van der Waals surface area contributed by atoms with E-state index in [0.29, 0.717) is 22.0 Å². The minimum Gasteiger partial charge on any atom is -0.355 e. The van der Waals surface area contributed by atoms with Crippen LogP contribution < -0.4 is 10.2 Å². The Bertz CT molecular complexity index is 998. The number of halogens is 1. The van der Waals surface area contributed by atoms with E-state index in [4.69, 9.17) is 23.8 Å². The SMILES string of the molecule is CNC(=O)c1ccc(C[NH+](C)Cn2nnn(-c3cccc(Cl)c3)c2=S)cc1. The number of carbonyl (C=O) groups is 1. The fourth-order valence-corrected chi connectivity index (χ4v) is 3.15. The van der Waals surface area contributed by atoms with Gasteiger partial charge in [0.1, 0.15) is 6.54 Å². The summed E-state index contributed by atoms with van der Waals surface area (Å²) in [5.41, 5.74) is 2.54. The molecule has 0 saturated carbocycles. The van der Waals surface area contributed by atoms with Crippen LogP contribution in [0.5, 0.6) is 0 Å². The molecule has 9 heteroatoms. The molecule has 0 saturated heterocycles. The smallest absolute Gasteiger partial charge is 0.251 e. The molecule has 0 spiro atoms. The maximum absolute atomic E-state index is 11.6. The molecule has 140 valence electrons. The molecule has 0 bridgehead atoms. The number of aromatic nitrogens is 4. The Labute approximate surface area is 167 Å². The van der Waals surface area contributed by atoms with Crippen molar-refractivity contribution in [3.05, 3.63) is 69.5 Å². The van der Waals surface area contributed by atoms with Crippen molar-refractivity contribution in [1.29, 1.82) is 0 Å². The molecule has 1 atom stereocenters. The van der Waals surface area contributed by atoms with E-state index in [-0.39, 0.29) is 5.91 Å². The van der Waals surface area contributed by atoms with Gasteiger partial charge in [0, 0.05) is 23.2 Å². The number of benzene rings is 2. The van der Waals surface area contributed by atoms with Gasteiger partial charge in [-0.3, -0.25) is 4.79 Å². The predicted octanol–water partition coefficient (Wildman–Crippen LogP) is 1.48. The first-order valence-electron chi connectivity index (χ1n) is 8.39. The Morgan fingerprint density at radius 3 is 2.63 bits per heavy atom. The van der Waals surface area contributed by atoms with Gasteiger partial charge in [0.05, 0.1) is 12.7 Å². The van der Waals surface area contributed by atoms with Crippen LogP contribution in [0, 0.1) is 4.77 Å². The molecule has 2 aromatic carbocycles. The van der Waals surface area contributed by atoms with Crippen LogP contribution in [0.4, 0.5) is 0 Å². The van der Waals surface area contributed by atoms with Gasteiger partial charge in [-0.1, -0.05) is 29.8 Å². The number of nitrogens with zero attached hydrogens (tertiary/aromatic N) is 4. The predicted molar refractivity (Wildman–Crippen MR) is 106 cm³/mol. The molecule has 2 N–H and O–H groups in total. The maximum atomic E-state index is 11.6. The van der Waals surface area contributed by atoms with Gasteiger partial charge in [0.25, 0.3) is 5.91 Å². The lowest BCUT2D eigenvalue weighted by molar-refractivity contribution is -0.917. The molecule has 0 aliphatic rings. The summed E-state index contributed by atoms with van der Waals surface area (Å²) in [6, 6.07) is 14.9. The topological polar surface area (TPSA) is 69.2 Å². The molecular weight excluding hydrogens is 384 g/mol. The zero-order valence-electron chi connectivity index (χ0n) is 15.0. The van der Waals surface area contributed by atoms with Gasteiger partial charge in [-0.2, -0.15) is 9.36 Å². The third-order valence-electron chi connectivity index (χ3n) is 4.06. The highest BCUT2D eigenvalue weighted by atomic mass is 35.5. The molecule has 1 unspecified atom stereocenters. The van der Waals surface area contributed by atoms with Crippen molar-refractivity contribution in [2.45, 2.75) is 13.2 Å². The minimum absolute atomic E-state index is 0.0915. The van der Waals surface area contributed by atoms with E-state index in [1.165, 1.54) is 4.90 Å². The summed E-state index contributed by atoms with van der Waals surface area (Å²) in [5, 5.41) is 11.5. The third-order valence-corrected chi connectivity index (χ3v) is 4.68. The van der Waals surface area contributed by atoms with E-state index in [0.717, 1.165) is 17.8 Å². The van der Waals surface area contributed by atoms with Gasteiger partial charge in [-0.15, -0.1) is 0 Å². The van der Waals surface area contributed by atoms with Crippen LogP contribution in [0.15, 0.2) is 48.5 Å². The van der Waals surface area contributed by atoms with Crippen LogP contribution in [-0.2, 0) is 13.2 Å².